The van der Waals surface area contributed by atoms with Gasteiger partial charge in [0.15, 0.2) is 11.8 Å². The standard InChI is InChI=1S/C17H29N7O/c1-18-17(19-10-15-22-20-12-23(15)2)21-14-8-9-24(11-14)16(25)13-6-4-3-5-7-13/h12-14H,3-11H2,1-2H3,(H2,18,19,21). The van der Waals surface area contributed by atoms with Crippen LogP contribution in [0.15, 0.2) is 11.3 Å². The van der Waals surface area contributed by atoms with Crippen LogP contribution in [-0.4, -0.2) is 57.7 Å². The minimum atomic E-state index is 0.248. The van der Waals surface area contributed by atoms with Crippen molar-refractivity contribution < 1.29 is 4.79 Å². The lowest BCUT2D eigenvalue weighted by Gasteiger charge is -2.26. The Bertz CT molecular complexity index is 606. The van der Waals surface area contributed by atoms with E-state index in [1.165, 1.54) is 19.3 Å². The van der Waals surface area contributed by atoms with Crippen LogP contribution < -0.4 is 10.6 Å². The Hall–Kier alpha value is -2.12. The van der Waals surface area contributed by atoms with Gasteiger partial charge in [-0.25, -0.2) is 0 Å². The average Bonchev–Trinajstić information content (AvgIpc) is 3.27. The van der Waals surface area contributed by atoms with Crippen molar-refractivity contribution >= 4 is 11.9 Å². The second-order valence-corrected chi connectivity index (χ2v) is 7.03. The molecular formula is C17H29N7O. The molecule has 1 aliphatic carbocycles. The average molecular weight is 347 g/mol. The molecule has 1 saturated carbocycles. The van der Waals surface area contributed by atoms with Gasteiger partial charge < -0.3 is 20.1 Å². The Morgan fingerprint density at radius 2 is 2.12 bits per heavy atom. The third kappa shape index (κ3) is 4.49. The van der Waals surface area contributed by atoms with Gasteiger partial charge in [0, 0.05) is 39.1 Å². The van der Waals surface area contributed by atoms with Crippen LogP contribution in [0.2, 0.25) is 0 Å². The quantitative estimate of drug-likeness (QED) is 0.617. The van der Waals surface area contributed by atoms with Crippen molar-refractivity contribution in [2.75, 3.05) is 20.1 Å². The molecule has 138 valence electrons. The SMILES string of the molecule is CN=C(NCc1nncn1C)NC1CCN(C(=O)C2CCCCC2)C1. The van der Waals surface area contributed by atoms with Crippen molar-refractivity contribution in [3.63, 3.8) is 0 Å². The first-order valence-corrected chi connectivity index (χ1v) is 9.26. The molecule has 2 fully saturated rings. The minimum absolute atomic E-state index is 0.248. The highest BCUT2D eigenvalue weighted by Gasteiger charge is 2.31. The smallest absolute Gasteiger partial charge is 0.225 e. The van der Waals surface area contributed by atoms with Crippen LogP contribution in [0.3, 0.4) is 0 Å². The lowest BCUT2D eigenvalue weighted by Crippen LogP contribution is -2.45. The van der Waals surface area contributed by atoms with Crippen LogP contribution in [0, 0.1) is 5.92 Å². The summed E-state index contributed by atoms with van der Waals surface area (Å²) in [5, 5.41) is 14.6. The van der Waals surface area contributed by atoms with Crippen molar-refractivity contribution in [2.45, 2.75) is 51.1 Å². The van der Waals surface area contributed by atoms with Gasteiger partial charge >= 0.3 is 0 Å². The summed E-state index contributed by atoms with van der Waals surface area (Å²) in [6, 6.07) is 0.248. The van der Waals surface area contributed by atoms with Gasteiger partial charge in [-0.1, -0.05) is 19.3 Å². The molecule has 2 N–H and O–H groups in total. The summed E-state index contributed by atoms with van der Waals surface area (Å²) in [7, 11) is 3.67. The molecule has 8 heteroatoms. The Morgan fingerprint density at radius 1 is 1.32 bits per heavy atom. The topological polar surface area (TPSA) is 87.4 Å². The van der Waals surface area contributed by atoms with Crippen LogP contribution in [0.1, 0.15) is 44.3 Å². The Morgan fingerprint density at radius 3 is 2.80 bits per heavy atom. The molecule has 25 heavy (non-hydrogen) atoms. The predicted molar refractivity (Wildman–Crippen MR) is 95.9 cm³/mol. The van der Waals surface area contributed by atoms with E-state index in [0.29, 0.717) is 12.5 Å². The summed E-state index contributed by atoms with van der Waals surface area (Å²) < 4.78 is 1.88. The van der Waals surface area contributed by atoms with Crippen molar-refractivity contribution in [2.24, 2.45) is 18.0 Å². The number of hydrogen-bond donors (Lipinski definition) is 2. The largest absolute Gasteiger partial charge is 0.352 e. The maximum absolute atomic E-state index is 12.7. The fraction of sp³-hybridized carbons (Fsp3) is 0.765. The van der Waals surface area contributed by atoms with Crippen molar-refractivity contribution in [1.29, 1.82) is 0 Å². The van der Waals surface area contributed by atoms with Gasteiger partial charge in [0.1, 0.15) is 6.33 Å². The fourth-order valence-corrected chi connectivity index (χ4v) is 3.70. The molecule has 8 nitrogen and oxygen atoms in total. The molecule has 2 aliphatic rings. The van der Waals surface area contributed by atoms with Gasteiger partial charge in [-0.3, -0.25) is 9.79 Å². The molecule has 0 radical (unpaired) electrons. The number of rotatable bonds is 4. The lowest BCUT2D eigenvalue weighted by atomic mass is 9.88. The van der Waals surface area contributed by atoms with Crippen LogP contribution in [0.25, 0.3) is 0 Å². The van der Waals surface area contributed by atoms with Crippen LogP contribution >= 0.6 is 0 Å². The summed E-state index contributed by atoms with van der Waals surface area (Å²) in [6.07, 6.45) is 8.45. The lowest BCUT2D eigenvalue weighted by molar-refractivity contribution is -0.135. The molecule has 0 aromatic carbocycles. The van der Waals surface area contributed by atoms with Gasteiger partial charge in [-0.05, 0) is 19.3 Å². The van der Waals surface area contributed by atoms with E-state index in [0.717, 1.165) is 44.1 Å². The number of aliphatic imine (C=N–C) groups is 1. The van der Waals surface area contributed by atoms with E-state index in [-0.39, 0.29) is 12.0 Å². The Kier molecular flexibility index (Phi) is 5.88. The molecule has 1 amide bonds. The number of aromatic nitrogens is 3. The van der Waals surface area contributed by atoms with E-state index in [1.807, 2.05) is 16.5 Å². The molecule has 1 unspecified atom stereocenters. The molecule has 1 aromatic heterocycles. The first kappa shape index (κ1) is 17.7. The number of hydrogen-bond acceptors (Lipinski definition) is 4. The highest BCUT2D eigenvalue weighted by atomic mass is 16.2. The zero-order chi connectivity index (χ0) is 17.6. The van der Waals surface area contributed by atoms with E-state index >= 15 is 0 Å². The van der Waals surface area contributed by atoms with E-state index in [1.54, 1.807) is 13.4 Å². The van der Waals surface area contributed by atoms with Crippen molar-refractivity contribution in [3.8, 4) is 0 Å². The van der Waals surface area contributed by atoms with Crippen LogP contribution in [0.4, 0.5) is 0 Å². The third-order valence-corrected chi connectivity index (χ3v) is 5.24. The first-order valence-electron chi connectivity index (χ1n) is 9.26. The number of amides is 1. The molecule has 1 atom stereocenters. The monoisotopic (exact) mass is 347 g/mol. The van der Waals surface area contributed by atoms with Gasteiger partial charge in [-0.15, -0.1) is 10.2 Å². The van der Waals surface area contributed by atoms with Gasteiger partial charge in [0.05, 0.1) is 6.54 Å². The van der Waals surface area contributed by atoms with E-state index in [9.17, 15) is 4.79 Å². The minimum Gasteiger partial charge on any atom is -0.352 e. The van der Waals surface area contributed by atoms with Gasteiger partial charge in [-0.2, -0.15) is 0 Å². The molecule has 0 spiro atoms. The third-order valence-electron chi connectivity index (χ3n) is 5.24. The molecule has 1 saturated heterocycles. The van der Waals surface area contributed by atoms with E-state index in [4.69, 9.17) is 0 Å². The number of guanidine groups is 1. The summed E-state index contributed by atoms with van der Waals surface area (Å²) in [4.78, 5) is 19.0. The second kappa shape index (κ2) is 8.31. The van der Waals surface area contributed by atoms with Crippen molar-refractivity contribution in [1.82, 2.24) is 30.3 Å². The fourth-order valence-electron chi connectivity index (χ4n) is 3.70. The number of nitrogens with one attached hydrogen (secondary N) is 2. The number of aryl methyl sites for hydroxylation is 1. The van der Waals surface area contributed by atoms with E-state index in [2.05, 4.69) is 25.8 Å². The zero-order valence-corrected chi connectivity index (χ0v) is 15.2. The number of likely N-dealkylation sites (tertiary alicyclic amines) is 1. The zero-order valence-electron chi connectivity index (χ0n) is 15.2. The molecule has 0 bridgehead atoms. The summed E-state index contributed by atoms with van der Waals surface area (Å²) in [6.45, 7) is 2.17. The summed E-state index contributed by atoms with van der Waals surface area (Å²) in [5.41, 5.74) is 0. The Labute approximate surface area is 149 Å². The predicted octanol–water partition coefficient (Wildman–Crippen LogP) is 0.661. The van der Waals surface area contributed by atoms with Crippen LogP contribution in [-0.2, 0) is 18.4 Å². The maximum Gasteiger partial charge on any atom is 0.225 e. The van der Waals surface area contributed by atoms with Gasteiger partial charge in [0.25, 0.3) is 0 Å². The first-order chi connectivity index (χ1) is 12.2. The number of carbonyl (C=O) groups excluding carboxylic acids is 1. The van der Waals surface area contributed by atoms with E-state index < -0.39 is 0 Å². The second-order valence-electron chi connectivity index (χ2n) is 7.03. The highest BCUT2D eigenvalue weighted by Crippen LogP contribution is 2.26. The maximum atomic E-state index is 12.7. The highest BCUT2D eigenvalue weighted by molar-refractivity contribution is 5.81. The molecule has 1 aromatic rings. The normalized spacial score (nSPS) is 22.2. The summed E-state index contributed by atoms with van der Waals surface area (Å²) >= 11 is 0. The molecule has 3 rings (SSSR count). The van der Waals surface area contributed by atoms with Gasteiger partial charge in [0.2, 0.25) is 5.91 Å². The van der Waals surface area contributed by atoms with Crippen molar-refractivity contribution in [3.05, 3.63) is 12.2 Å². The Balaban J connectivity index is 1.46. The van der Waals surface area contributed by atoms with Crippen LogP contribution in [0.5, 0.6) is 0 Å². The number of carbonyl (C=O) groups is 1. The molecular weight excluding hydrogens is 318 g/mol. The number of nitrogens with zero attached hydrogens (tertiary/aromatic N) is 5. The molecule has 1 aliphatic heterocycles. The molecule has 2 heterocycles. The summed E-state index contributed by atoms with van der Waals surface area (Å²) in [5.74, 6) is 2.19.